The van der Waals surface area contributed by atoms with E-state index >= 15 is 0 Å². The maximum Gasteiger partial charge on any atom is 0.416 e. The maximum absolute atomic E-state index is 13.4. The van der Waals surface area contributed by atoms with Crippen LogP contribution in [0.15, 0.2) is 48.3 Å². The lowest BCUT2D eigenvalue weighted by atomic mass is 9.92. The van der Waals surface area contributed by atoms with Crippen molar-refractivity contribution in [3.63, 3.8) is 0 Å². The van der Waals surface area contributed by atoms with Gasteiger partial charge in [-0.15, -0.1) is 11.3 Å². The minimum absolute atomic E-state index is 0.0627. The standard InChI is InChI=1S/C20H17ClF3N3O3S/c1-30-15-6-5-11(20(22,23)24)8-13(15)17-18(28)14-4-2-3-7-26(14)16(27(17)29)9-12-10-25-19(21)31-12/h2-6,8,10,16-17,29H,7,9H2,1H3. The molecule has 2 atom stereocenters. The van der Waals surface area contributed by atoms with Crippen LogP contribution in [-0.2, 0) is 17.4 Å². The van der Waals surface area contributed by atoms with E-state index in [9.17, 15) is 23.2 Å². The van der Waals surface area contributed by atoms with Gasteiger partial charge in [-0.2, -0.15) is 18.2 Å². The molecule has 4 rings (SSSR count). The summed E-state index contributed by atoms with van der Waals surface area (Å²) >= 11 is 7.15. The molecule has 6 nitrogen and oxygen atoms in total. The SMILES string of the molecule is COc1ccc(C(F)(F)F)cc1C1C(=O)C2=CC=CCN2C(Cc2cnc(Cl)s2)N1O. The molecule has 1 N–H and O–H groups in total. The van der Waals surface area contributed by atoms with E-state index in [1.54, 1.807) is 23.2 Å². The number of ketones is 1. The number of hydroxylamine groups is 2. The van der Waals surface area contributed by atoms with Crippen molar-refractivity contribution in [2.24, 2.45) is 0 Å². The molecule has 2 unspecified atom stereocenters. The highest BCUT2D eigenvalue weighted by Gasteiger charge is 2.46. The van der Waals surface area contributed by atoms with Crippen molar-refractivity contribution in [1.82, 2.24) is 14.9 Å². The number of allylic oxidation sites excluding steroid dienone is 2. The van der Waals surface area contributed by atoms with Crippen LogP contribution in [0.3, 0.4) is 0 Å². The summed E-state index contributed by atoms with van der Waals surface area (Å²) in [6.45, 7) is 0.359. The van der Waals surface area contributed by atoms with Gasteiger partial charge < -0.3 is 14.8 Å². The zero-order valence-corrected chi connectivity index (χ0v) is 17.7. The Morgan fingerprint density at radius 1 is 1.39 bits per heavy atom. The Hall–Kier alpha value is -2.40. The number of alkyl halides is 3. The average molecular weight is 472 g/mol. The highest BCUT2D eigenvalue weighted by Crippen LogP contribution is 2.42. The fourth-order valence-corrected chi connectivity index (χ4v) is 4.78. The number of Topliss-reactive ketones (excluding diaryl/α,β-unsaturated/α-hetero) is 1. The van der Waals surface area contributed by atoms with Crippen LogP contribution in [0.1, 0.15) is 22.0 Å². The van der Waals surface area contributed by atoms with Crippen molar-refractivity contribution in [3.05, 3.63) is 68.8 Å². The number of aromatic nitrogens is 1. The molecule has 2 aliphatic heterocycles. The van der Waals surface area contributed by atoms with Gasteiger partial charge in [-0.1, -0.05) is 23.8 Å². The summed E-state index contributed by atoms with van der Waals surface area (Å²) in [5.41, 5.74) is -0.694. The molecule has 0 spiro atoms. The summed E-state index contributed by atoms with van der Waals surface area (Å²) in [7, 11) is 1.30. The third-order valence-electron chi connectivity index (χ3n) is 5.19. The van der Waals surface area contributed by atoms with Crippen LogP contribution in [0.5, 0.6) is 5.75 Å². The van der Waals surface area contributed by atoms with Crippen LogP contribution >= 0.6 is 22.9 Å². The quantitative estimate of drug-likeness (QED) is 0.710. The Morgan fingerprint density at radius 3 is 2.81 bits per heavy atom. The third kappa shape index (κ3) is 4.08. The summed E-state index contributed by atoms with van der Waals surface area (Å²) in [6, 6.07) is 1.50. The molecule has 1 aromatic carbocycles. The second kappa shape index (κ2) is 8.27. The maximum atomic E-state index is 13.4. The zero-order valence-electron chi connectivity index (χ0n) is 16.1. The van der Waals surface area contributed by atoms with Crippen molar-refractivity contribution in [3.8, 4) is 5.75 Å². The van der Waals surface area contributed by atoms with Gasteiger partial charge in [0.25, 0.3) is 0 Å². The number of methoxy groups -OCH3 is 1. The Kier molecular flexibility index (Phi) is 5.82. The molecule has 0 radical (unpaired) electrons. The number of hydrogen-bond donors (Lipinski definition) is 1. The number of carbonyl (C=O) groups is 1. The molecule has 0 bridgehead atoms. The molecule has 1 aromatic heterocycles. The van der Waals surface area contributed by atoms with Gasteiger partial charge in [0.2, 0.25) is 5.78 Å². The second-order valence-corrected chi connectivity index (χ2v) is 8.70. The predicted octanol–water partition coefficient (Wildman–Crippen LogP) is 4.46. The van der Waals surface area contributed by atoms with Crippen LogP contribution in [0.4, 0.5) is 13.2 Å². The monoisotopic (exact) mass is 471 g/mol. The molecular formula is C20H17ClF3N3O3S. The Balaban J connectivity index is 1.80. The molecule has 2 aliphatic rings. The molecule has 0 aliphatic carbocycles. The van der Waals surface area contributed by atoms with Gasteiger partial charge in [-0.05, 0) is 24.3 Å². The van der Waals surface area contributed by atoms with Crippen LogP contribution < -0.4 is 4.74 Å². The van der Waals surface area contributed by atoms with Crippen LogP contribution in [0, 0.1) is 0 Å². The number of halogens is 4. The van der Waals surface area contributed by atoms with Crippen molar-refractivity contribution < 1.29 is 27.9 Å². The van der Waals surface area contributed by atoms with Crippen molar-refractivity contribution in [2.75, 3.05) is 13.7 Å². The van der Waals surface area contributed by atoms with E-state index in [1.807, 2.05) is 6.08 Å². The highest BCUT2D eigenvalue weighted by atomic mass is 35.5. The molecule has 1 saturated heterocycles. The zero-order chi connectivity index (χ0) is 22.3. The molecule has 31 heavy (non-hydrogen) atoms. The van der Waals surface area contributed by atoms with Gasteiger partial charge >= 0.3 is 6.18 Å². The summed E-state index contributed by atoms with van der Waals surface area (Å²) in [4.78, 5) is 19.7. The molecule has 164 valence electrons. The average Bonchev–Trinajstić information content (AvgIpc) is 3.15. The van der Waals surface area contributed by atoms with Crippen LogP contribution in [0.25, 0.3) is 0 Å². The lowest BCUT2D eigenvalue weighted by molar-refractivity contribution is -0.209. The fourth-order valence-electron chi connectivity index (χ4n) is 3.78. The van der Waals surface area contributed by atoms with Gasteiger partial charge in [-0.25, -0.2) is 4.98 Å². The van der Waals surface area contributed by atoms with E-state index in [-0.39, 0.29) is 17.7 Å². The predicted molar refractivity (Wildman–Crippen MR) is 108 cm³/mol. The fraction of sp³-hybridized carbons (Fsp3) is 0.300. The molecule has 1 fully saturated rings. The van der Waals surface area contributed by atoms with Crippen LogP contribution in [-0.4, -0.2) is 45.8 Å². The minimum Gasteiger partial charge on any atom is -0.496 e. The Morgan fingerprint density at radius 2 is 2.16 bits per heavy atom. The lowest BCUT2D eigenvalue weighted by Gasteiger charge is -2.47. The van der Waals surface area contributed by atoms with Gasteiger partial charge in [0.05, 0.1) is 18.4 Å². The number of thiazole rings is 1. The summed E-state index contributed by atoms with van der Waals surface area (Å²) in [6.07, 6.45) is 1.61. The van der Waals surface area contributed by atoms with E-state index < -0.39 is 29.7 Å². The van der Waals surface area contributed by atoms with E-state index in [4.69, 9.17) is 16.3 Å². The van der Waals surface area contributed by atoms with E-state index in [0.717, 1.165) is 28.1 Å². The van der Waals surface area contributed by atoms with Gasteiger partial charge in [0.15, 0.2) is 4.47 Å². The molecular weight excluding hydrogens is 455 g/mol. The van der Waals surface area contributed by atoms with Crippen molar-refractivity contribution in [2.45, 2.75) is 24.8 Å². The molecule has 3 heterocycles. The number of nitrogens with zero attached hydrogens (tertiary/aromatic N) is 3. The van der Waals surface area contributed by atoms with Crippen LogP contribution in [0.2, 0.25) is 4.47 Å². The van der Waals surface area contributed by atoms with E-state index in [0.29, 0.717) is 16.7 Å². The largest absolute Gasteiger partial charge is 0.496 e. The van der Waals surface area contributed by atoms with Gasteiger partial charge in [0, 0.05) is 29.6 Å². The lowest BCUT2D eigenvalue weighted by Crippen LogP contribution is -2.57. The van der Waals surface area contributed by atoms with Gasteiger partial charge in [-0.3, -0.25) is 4.79 Å². The minimum atomic E-state index is -4.61. The van der Waals surface area contributed by atoms with E-state index in [2.05, 4.69) is 4.98 Å². The normalized spacial score (nSPS) is 21.8. The smallest absolute Gasteiger partial charge is 0.416 e. The number of hydrogen-bond acceptors (Lipinski definition) is 7. The number of ether oxygens (including phenoxy) is 1. The first-order valence-electron chi connectivity index (χ1n) is 9.21. The molecule has 11 heteroatoms. The topological polar surface area (TPSA) is 65.9 Å². The molecule has 0 amide bonds. The number of benzene rings is 1. The number of rotatable bonds is 4. The van der Waals surface area contributed by atoms with Crippen molar-refractivity contribution in [1.29, 1.82) is 0 Å². The van der Waals surface area contributed by atoms with E-state index in [1.165, 1.54) is 18.4 Å². The summed E-state index contributed by atoms with van der Waals surface area (Å²) in [5.74, 6) is -0.451. The summed E-state index contributed by atoms with van der Waals surface area (Å²) < 4.78 is 45.6. The summed E-state index contributed by atoms with van der Waals surface area (Å²) in [5, 5.41) is 11.9. The first kappa shape index (κ1) is 21.8. The Labute approximate surface area is 184 Å². The number of carbonyl (C=O) groups excluding carboxylic acids is 1. The third-order valence-corrected chi connectivity index (χ3v) is 6.33. The molecule has 0 saturated carbocycles. The molecule has 2 aromatic rings. The highest BCUT2D eigenvalue weighted by molar-refractivity contribution is 7.15. The second-order valence-electron chi connectivity index (χ2n) is 7.00. The first-order valence-corrected chi connectivity index (χ1v) is 10.4. The van der Waals surface area contributed by atoms with Crippen molar-refractivity contribution >= 4 is 28.7 Å². The Bertz CT molecular complexity index is 1070. The number of fused-ring (bicyclic) bond motifs is 1. The van der Waals surface area contributed by atoms with Gasteiger partial charge in [0.1, 0.15) is 18.0 Å². The first-order chi connectivity index (χ1) is 14.7.